The minimum absolute atomic E-state index is 0. The lowest BCUT2D eigenvalue weighted by atomic mass is 10.2. The van der Waals surface area contributed by atoms with Crippen LogP contribution in [0.1, 0.15) is 12.0 Å². The molecule has 1 aromatic heterocycles. The summed E-state index contributed by atoms with van der Waals surface area (Å²) in [5.74, 6) is 1.26. The van der Waals surface area contributed by atoms with E-state index >= 15 is 0 Å². The number of nitrogen functional groups attached to an aromatic ring is 1. The maximum Gasteiger partial charge on any atom is 0.356 e. The number of benzene rings is 3. The number of hydrogen-bond acceptors (Lipinski definition) is 2. The molecule has 150 valence electrons. The molecule has 0 aliphatic rings. The highest BCUT2D eigenvalue weighted by atomic mass is 35.5. The van der Waals surface area contributed by atoms with E-state index in [1.165, 1.54) is 6.07 Å². The van der Waals surface area contributed by atoms with Crippen LogP contribution in [0.2, 0.25) is 0 Å². The van der Waals surface area contributed by atoms with Crippen LogP contribution in [0.5, 0.6) is 5.75 Å². The molecule has 0 saturated carbocycles. The molecule has 0 saturated heterocycles. The van der Waals surface area contributed by atoms with Gasteiger partial charge in [-0.3, -0.25) is 5.73 Å². The summed E-state index contributed by atoms with van der Waals surface area (Å²) < 4.78 is 24.0. The monoisotopic (exact) mass is 411 g/mol. The van der Waals surface area contributed by atoms with E-state index in [0.29, 0.717) is 24.7 Å². The lowest BCUT2D eigenvalue weighted by Gasteiger charge is -2.06. The first-order valence-electron chi connectivity index (χ1n) is 9.42. The van der Waals surface area contributed by atoms with Crippen molar-refractivity contribution in [1.29, 1.82) is 0 Å². The van der Waals surface area contributed by atoms with E-state index in [1.807, 2.05) is 65.2 Å². The summed E-state index contributed by atoms with van der Waals surface area (Å²) in [5, 5.41) is 0. The zero-order valence-corrected chi connectivity index (χ0v) is 16.7. The molecule has 2 N–H and O–H groups in total. The van der Waals surface area contributed by atoms with Crippen LogP contribution in [0.4, 0.5) is 10.3 Å². The lowest BCUT2D eigenvalue weighted by molar-refractivity contribution is -0.648. The summed E-state index contributed by atoms with van der Waals surface area (Å²) in [6.45, 7) is 1.72. The fraction of sp³-hybridized carbons (Fsp3) is 0.174. The Bertz CT molecular complexity index is 1080. The van der Waals surface area contributed by atoms with E-state index in [1.54, 1.807) is 12.1 Å². The van der Waals surface area contributed by atoms with Gasteiger partial charge in [-0.05, 0) is 30.3 Å². The normalized spacial score (nSPS) is 10.7. The SMILES string of the molecule is Nc1n(CCCOc2ccccc2)c2ccccc2[n+]1Cc1ccccc1F.[Cl-]. The second kappa shape index (κ2) is 9.43. The molecule has 4 rings (SSSR count). The Balaban J connectivity index is 0.00000240. The predicted octanol–water partition coefficient (Wildman–Crippen LogP) is 1.17. The average Bonchev–Trinajstić information content (AvgIpc) is 2.99. The van der Waals surface area contributed by atoms with Gasteiger partial charge in [0.15, 0.2) is 0 Å². The first kappa shape index (κ1) is 20.7. The number of fused-ring (bicyclic) bond motifs is 1. The molecule has 6 heteroatoms. The van der Waals surface area contributed by atoms with Crippen molar-refractivity contribution in [2.45, 2.75) is 19.5 Å². The second-order valence-corrected chi connectivity index (χ2v) is 6.69. The average molecular weight is 412 g/mol. The van der Waals surface area contributed by atoms with Gasteiger partial charge in [0.05, 0.1) is 13.2 Å². The fourth-order valence-corrected chi connectivity index (χ4v) is 3.44. The van der Waals surface area contributed by atoms with Crippen LogP contribution < -0.4 is 27.4 Å². The van der Waals surface area contributed by atoms with Crippen molar-refractivity contribution in [3.8, 4) is 5.75 Å². The number of rotatable bonds is 7. The molecule has 29 heavy (non-hydrogen) atoms. The van der Waals surface area contributed by atoms with Crippen LogP contribution in [-0.2, 0) is 13.1 Å². The maximum absolute atomic E-state index is 14.1. The number of para-hydroxylation sites is 3. The third-order valence-corrected chi connectivity index (χ3v) is 4.84. The van der Waals surface area contributed by atoms with Crippen LogP contribution in [-0.4, -0.2) is 11.2 Å². The minimum Gasteiger partial charge on any atom is -1.00 e. The van der Waals surface area contributed by atoms with Crippen molar-refractivity contribution < 1.29 is 26.1 Å². The molecule has 3 aromatic carbocycles. The van der Waals surface area contributed by atoms with Gasteiger partial charge in [0.25, 0.3) is 0 Å². The lowest BCUT2D eigenvalue weighted by Crippen LogP contribution is -3.00. The van der Waals surface area contributed by atoms with Crippen LogP contribution >= 0.6 is 0 Å². The van der Waals surface area contributed by atoms with Gasteiger partial charge in [-0.15, -0.1) is 0 Å². The van der Waals surface area contributed by atoms with Gasteiger partial charge < -0.3 is 17.1 Å². The van der Waals surface area contributed by atoms with Gasteiger partial charge in [-0.1, -0.05) is 48.5 Å². The number of halogens is 2. The Morgan fingerprint density at radius 1 is 0.897 bits per heavy atom. The Labute approximate surface area is 175 Å². The van der Waals surface area contributed by atoms with Crippen molar-refractivity contribution >= 4 is 17.0 Å². The highest BCUT2D eigenvalue weighted by molar-refractivity contribution is 5.73. The Morgan fingerprint density at radius 3 is 2.38 bits per heavy atom. The van der Waals surface area contributed by atoms with E-state index < -0.39 is 0 Å². The van der Waals surface area contributed by atoms with E-state index in [9.17, 15) is 4.39 Å². The molecular weight excluding hydrogens is 389 g/mol. The van der Waals surface area contributed by atoms with E-state index in [4.69, 9.17) is 10.5 Å². The Hall–Kier alpha value is -3.05. The van der Waals surface area contributed by atoms with E-state index in [0.717, 1.165) is 29.7 Å². The van der Waals surface area contributed by atoms with Crippen LogP contribution in [0.3, 0.4) is 0 Å². The number of nitrogens with zero attached hydrogens (tertiary/aromatic N) is 2. The van der Waals surface area contributed by atoms with Crippen molar-refractivity contribution in [2.24, 2.45) is 0 Å². The topological polar surface area (TPSA) is 44.1 Å². The summed E-state index contributed by atoms with van der Waals surface area (Å²) in [6.07, 6.45) is 0.817. The second-order valence-electron chi connectivity index (χ2n) is 6.69. The number of nitrogens with two attached hydrogens (primary N) is 1. The fourth-order valence-electron chi connectivity index (χ4n) is 3.44. The number of hydrogen-bond donors (Lipinski definition) is 1. The number of ether oxygens (including phenoxy) is 1. The quantitative estimate of drug-likeness (QED) is 0.366. The zero-order valence-electron chi connectivity index (χ0n) is 16.0. The van der Waals surface area contributed by atoms with Crippen LogP contribution in [0.25, 0.3) is 11.0 Å². The number of anilines is 1. The Morgan fingerprint density at radius 2 is 1.59 bits per heavy atom. The molecular formula is C23H23ClFN3O. The highest BCUT2D eigenvalue weighted by Gasteiger charge is 2.21. The summed E-state index contributed by atoms with van der Waals surface area (Å²) in [7, 11) is 0. The van der Waals surface area contributed by atoms with Crippen molar-refractivity contribution in [3.63, 3.8) is 0 Å². The maximum atomic E-state index is 14.1. The van der Waals surface area contributed by atoms with Crippen molar-refractivity contribution in [2.75, 3.05) is 12.3 Å². The minimum atomic E-state index is -0.220. The molecule has 0 aliphatic heterocycles. The molecule has 0 amide bonds. The van der Waals surface area contributed by atoms with Gasteiger partial charge in [-0.25, -0.2) is 13.5 Å². The molecule has 0 atom stereocenters. The number of aromatic nitrogens is 2. The summed E-state index contributed by atoms with van der Waals surface area (Å²) in [4.78, 5) is 0. The summed E-state index contributed by atoms with van der Waals surface area (Å²) in [5.41, 5.74) is 9.12. The molecule has 0 bridgehead atoms. The molecule has 0 radical (unpaired) electrons. The van der Waals surface area contributed by atoms with Gasteiger partial charge >= 0.3 is 5.95 Å². The molecule has 0 fully saturated rings. The van der Waals surface area contributed by atoms with Gasteiger partial charge in [0.2, 0.25) is 0 Å². The molecule has 4 aromatic rings. The predicted molar refractivity (Wildman–Crippen MR) is 109 cm³/mol. The van der Waals surface area contributed by atoms with Gasteiger partial charge in [-0.2, -0.15) is 0 Å². The summed E-state index contributed by atoms with van der Waals surface area (Å²) in [6, 6.07) is 24.6. The molecule has 1 heterocycles. The van der Waals surface area contributed by atoms with Gasteiger partial charge in [0.1, 0.15) is 29.1 Å². The van der Waals surface area contributed by atoms with Crippen LogP contribution in [0, 0.1) is 5.82 Å². The molecule has 0 spiro atoms. The molecule has 0 unspecified atom stereocenters. The first-order chi connectivity index (χ1) is 13.7. The van der Waals surface area contributed by atoms with Crippen molar-refractivity contribution in [1.82, 2.24) is 4.57 Å². The third kappa shape index (κ3) is 4.51. The van der Waals surface area contributed by atoms with Gasteiger partial charge in [0, 0.05) is 12.0 Å². The molecule has 0 aliphatic carbocycles. The first-order valence-corrected chi connectivity index (χ1v) is 9.42. The molecule has 4 nitrogen and oxygen atoms in total. The smallest absolute Gasteiger partial charge is 0.356 e. The zero-order chi connectivity index (χ0) is 19.3. The van der Waals surface area contributed by atoms with Crippen LogP contribution in [0.15, 0.2) is 78.9 Å². The van der Waals surface area contributed by atoms with Crippen molar-refractivity contribution in [3.05, 3.63) is 90.2 Å². The van der Waals surface area contributed by atoms with E-state index in [2.05, 4.69) is 4.57 Å². The van der Waals surface area contributed by atoms with E-state index in [-0.39, 0.29) is 18.2 Å². The third-order valence-electron chi connectivity index (χ3n) is 4.84. The Kier molecular flexibility index (Phi) is 6.73. The largest absolute Gasteiger partial charge is 1.00 e. The number of aryl methyl sites for hydroxylation is 1. The standard InChI is InChI=1S/C23H22FN3O.ClH/c24-20-12-5-4-9-18(20)17-27-22-14-7-6-13-21(22)26(23(27)25)15-8-16-28-19-10-2-1-3-11-19;/h1-7,9-14,25H,8,15-17H2;1H. The summed E-state index contributed by atoms with van der Waals surface area (Å²) >= 11 is 0. The number of imidazole rings is 1. The highest BCUT2D eigenvalue weighted by Crippen LogP contribution is 2.18.